The molecule has 0 unspecified atom stereocenters. The zero-order valence-electron chi connectivity index (χ0n) is 21.2. The highest BCUT2D eigenvalue weighted by atomic mass is 32.1. The summed E-state index contributed by atoms with van der Waals surface area (Å²) < 4.78 is 14.1. The molecule has 0 aliphatic rings. The van der Waals surface area contributed by atoms with E-state index in [0.29, 0.717) is 0 Å². The summed E-state index contributed by atoms with van der Waals surface area (Å²) in [5.41, 5.74) is 4.45. The number of fused-ring (bicyclic) bond motifs is 9. The van der Waals surface area contributed by atoms with Gasteiger partial charge in [0, 0.05) is 47.5 Å². The standard InChI is InChI=1S/C35H20N2OS2/c1-3-10-25-22(8-1)33-26(37(25)21-17-18-30-24(20-21)35-32(40-30)16-7-19-36-35)11-5-12-27(33)38-28-13-6-15-31-34(28)23-9-2-4-14-29(23)39-31/h1-20H. The largest absolute Gasteiger partial charge is 0.456 e. The number of hydrogen-bond acceptors (Lipinski definition) is 4. The van der Waals surface area contributed by atoms with Crippen molar-refractivity contribution in [1.82, 2.24) is 9.55 Å². The van der Waals surface area contributed by atoms with Crippen LogP contribution in [0.15, 0.2) is 121 Å². The van der Waals surface area contributed by atoms with Crippen LogP contribution in [-0.2, 0) is 0 Å². The number of nitrogens with zero attached hydrogens (tertiary/aromatic N) is 2. The number of thiophene rings is 2. The summed E-state index contributed by atoms with van der Waals surface area (Å²) in [7, 11) is 0. The van der Waals surface area contributed by atoms with Gasteiger partial charge in [0.05, 0.1) is 26.6 Å². The molecule has 3 nitrogen and oxygen atoms in total. The molecule has 4 aromatic heterocycles. The van der Waals surface area contributed by atoms with Crippen LogP contribution in [0.5, 0.6) is 11.5 Å². The molecule has 0 atom stereocenters. The van der Waals surface area contributed by atoms with Crippen LogP contribution in [0.25, 0.3) is 68.0 Å². The Morgan fingerprint density at radius 1 is 0.525 bits per heavy atom. The van der Waals surface area contributed by atoms with Gasteiger partial charge < -0.3 is 9.30 Å². The number of hydrogen-bond donors (Lipinski definition) is 0. The van der Waals surface area contributed by atoms with Gasteiger partial charge in [0.2, 0.25) is 0 Å². The highest BCUT2D eigenvalue weighted by Gasteiger charge is 2.18. The summed E-state index contributed by atoms with van der Waals surface area (Å²) in [5, 5.41) is 5.88. The molecule has 0 fully saturated rings. The first-order valence-electron chi connectivity index (χ1n) is 13.2. The molecular formula is C35H20N2OS2. The van der Waals surface area contributed by atoms with E-state index in [1.165, 1.54) is 40.3 Å². The normalized spacial score (nSPS) is 12.0. The molecule has 0 bridgehead atoms. The highest BCUT2D eigenvalue weighted by molar-refractivity contribution is 7.26. The van der Waals surface area contributed by atoms with E-state index in [1.54, 1.807) is 11.3 Å². The van der Waals surface area contributed by atoms with E-state index in [2.05, 4.69) is 114 Å². The third kappa shape index (κ3) is 3.13. The first-order chi connectivity index (χ1) is 19.8. The SMILES string of the molecule is c1ccc2c(c1)sc1cccc(Oc3cccc4c3c3ccccc3n4-c3ccc4sc5cccnc5c4c3)c12. The van der Waals surface area contributed by atoms with E-state index < -0.39 is 0 Å². The number of para-hydroxylation sites is 1. The average molecular weight is 549 g/mol. The summed E-state index contributed by atoms with van der Waals surface area (Å²) in [4.78, 5) is 4.70. The second-order valence-electron chi connectivity index (χ2n) is 9.97. The minimum atomic E-state index is 0.860. The van der Waals surface area contributed by atoms with Gasteiger partial charge in [0.1, 0.15) is 11.5 Å². The van der Waals surface area contributed by atoms with Crippen LogP contribution in [0.1, 0.15) is 0 Å². The fraction of sp³-hybridized carbons (Fsp3) is 0. The van der Waals surface area contributed by atoms with Gasteiger partial charge in [-0.2, -0.15) is 0 Å². The van der Waals surface area contributed by atoms with Gasteiger partial charge in [-0.1, -0.05) is 48.5 Å². The molecule has 0 spiro atoms. The summed E-state index contributed by atoms with van der Waals surface area (Å²) in [6, 6.07) is 40.8. The lowest BCUT2D eigenvalue weighted by molar-refractivity contribution is 0.495. The topological polar surface area (TPSA) is 27.1 Å². The Labute approximate surface area is 237 Å². The summed E-state index contributed by atoms with van der Waals surface area (Å²) in [6.07, 6.45) is 1.88. The minimum Gasteiger partial charge on any atom is -0.456 e. The number of benzene rings is 5. The van der Waals surface area contributed by atoms with Crippen molar-refractivity contribution in [1.29, 1.82) is 0 Å². The van der Waals surface area contributed by atoms with Crippen LogP contribution in [-0.4, -0.2) is 9.55 Å². The maximum Gasteiger partial charge on any atom is 0.137 e. The molecule has 9 aromatic rings. The number of aromatic nitrogens is 2. The minimum absolute atomic E-state index is 0.860. The molecule has 0 saturated carbocycles. The predicted molar refractivity (Wildman–Crippen MR) is 171 cm³/mol. The maximum absolute atomic E-state index is 6.83. The van der Waals surface area contributed by atoms with E-state index in [-0.39, 0.29) is 0 Å². The zero-order valence-corrected chi connectivity index (χ0v) is 22.8. The Kier molecular flexibility index (Phi) is 4.65. The molecule has 40 heavy (non-hydrogen) atoms. The second kappa shape index (κ2) is 8.39. The predicted octanol–water partition coefficient (Wildman–Crippen LogP) is 10.7. The Morgan fingerprint density at radius 2 is 1.23 bits per heavy atom. The third-order valence-corrected chi connectivity index (χ3v) is 9.97. The molecule has 5 heteroatoms. The van der Waals surface area contributed by atoms with Crippen molar-refractivity contribution in [2.75, 3.05) is 0 Å². The van der Waals surface area contributed by atoms with Gasteiger partial charge in [0.15, 0.2) is 0 Å². The lowest BCUT2D eigenvalue weighted by Gasteiger charge is -2.11. The van der Waals surface area contributed by atoms with Crippen LogP contribution >= 0.6 is 22.7 Å². The highest BCUT2D eigenvalue weighted by Crippen LogP contribution is 2.44. The fourth-order valence-corrected chi connectivity index (χ4v) is 8.19. The lowest BCUT2D eigenvalue weighted by atomic mass is 10.1. The molecule has 0 aliphatic heterocycles. The van der Waals surface area contributed by atoms with Crippen molar-refractivity contribution >= 4 is 85.0 Å². The molecule has 0 aliphatic carbocycles. The van der Waals surface area contributed by atoms with Gasteiger partial charge in [0.25, 0.3) is 0 Å². The zero-order chi connectivity index (χ0) is 26.2. The Bertz CT molecular complexity index is 2430. The Morgan fingerprint density at radius 3 is 2.17 bits per heavy atom. The summed E-state index contributed by atoms with van der Waals surface area (Å²) in [6.45, 7) is 0. The molecule has 0 amide bonds. The Balaban J connectivity index is 1.29. The lowest BCUT2D eigenvalue weighted by Crippen LogP contribution is -1.93. The summed E-state index contributed by atoms with van der Waals surface area (Å²) >= 11 is 3.60. The number of rotatable bonds is 3. The average Bonchev–Trinajstić information content (AvgIpc) is 3.67. The van der Waals surface area contributed by atoms with Crippen molar-refractivity contribution in [2.24, 2.45) is 0 Å². The molecule has 5 aromatic carbocycles. The molecule has 0 N–H and O–H groups in total. The Hall–Kier alpha value is -4.71. The van der Waals surface area contributed by atoms with Crippen LogP contribution in [0.3, 0.4) is 0 Å². The van der Waals surface area contributed by atoms with Crippen molar-refractivity contribution < 1.29 is 4.74 Å². The molecule has 9 rings (SSSR count). The first-order valence-corrected chi connectivity index (χ1v) is 14.8. The summed E-state index contributed by atoms with van der Waals surface area (Å²) in [5.74, 6) is 1.75. The van der Waals surface area contributed by atoms with E-state index in [1.807, 2.05) is 23.6 Å². The van der Waals surface area contributed by atoms with E-state index in [4.69, 9.17) is 9.72 Å². The number of pyridine rings is 1. The van der Waals surface area contributed by atoms with Crippen LogP contribution in [0.4, 0.5) is 0 Å². The quantitative estimate of drug-likeness (QED) is 0.220. The van der Waals surface area contributed by atoms with E-state index >= 15 is 0 Å². The van der Waals surface area contributed by atoms with Crippen LogP contribution in [0, 0.1) is 0 Å². The van der Waals surface area contributed by atoms with Crippen LogP contribution < -0.4 is 4.74 Å². The first kappa shape index (κ1) is 22.1. The van der Waals surface area contributed by atoms with Gasteiger partial charge in [-0.3, -0.25) is 4.98 Å². The smallest absolute Gasteiger partial charge is 0.137 e. The maximum atomic E-state index is 6.83. The molecular weight excluding hydrogens is 529 g/mol. The van der Waals surface area contributed by atoms with Crippen molar-refractivity contribution in [2.45, 2.75) is 0 Å². The van der Waals surface area contributed by atoms with Gasteiger partial charge in [-0.05, 0) is 66.7 Å². The van der Waals surface area contributed by atoms with E-state index in [9.17, 15) is 0 Å². The molecule has 0 saturated heterocycles. The third-order valence-electron chi connectivity index (χ3n) is 7.71. The number of ether oxygens (including phenoxy) is 1. The van der Waals surface area contributed by atoms with Crippen molar-refractivity contribution in [3.63, 3.8) is 0 Å². The second-order valence-corrected chi connectivity index (χ2v) is 12.1. The molecule has 4 heterocycles. The van der Waals surface area contributed by atoms with Gasteiger partial charge in [-0.15, -0.1) is 22.7 Å². The van der Waals surface area contributed by atoms with Crippen molar-refractivity contribution in [3.8, 4) is 17.2 Å². The van der Waals surface area contributed by atoms with Gasteiger partial charge in [-0.25, -0.2) is 0 Å². The van der Waals surface area contributed by atoms with Crippen molar-refractivity contribution in [3.05, 3.63) is 121 Å². The van der Waals surface area contributed by atoms with Crippen LogP contribution in [0.2, 0.25) is 0 Å². The fourth-order valence-electron chi connectivity index (χ4n) is 6.02. The van der Waals surface area contributed by atoms with E-state index in [0.717, 1.165) is 39.1 Å². The molecule has 0 radical (unpaired) electrons. The van der Waals surface area contributed by atoms with Gasteiger partial charge >= 0.3 is 0 Å². The monoisotopic (exact) mass is 548 g/mol. The molecule has 188 valence electrons.